The first-order valence-electron chi connectivity index (χ1n) is 8.04. The van der Waals surface area contributed by atoms with Gasteiger partial charge in [0.2, 0.25) is 0 Å². The van der Waals surface area contributed by atoms with Gasteiger partial charge in [0.25, 0.3) is 0 Å². The summed E-state index contributed by atoms with van der Waals surface area (Å²) in [6.07, 6.45) is -3.18. The highest BCUT2D eigenvalue weighted by atomic mass is 32.1. The van der Waals surface area contributed by atoms with Crippen LogP contribution in [-0.2, 0) is 12.7 Å². The van der Waals surface area contributed by atoms with Crippen molar-refractivity contribution in [1.29, 1.82) is 0 Å². The van der Waals surface area contributed by atoms with E-state index in [4.69, 9.17) is 0 Å². The van der Waals surface area contributed by atoms with Crippen LogP contribution in [0.25, 0.3) is 0 Å². The second-order valence-corrected chi connectivity index (χ2v) is 7.21. The SMILES string of the molecule is OC(c1cccs1)C1CCN(Cc2ccccc2C(F)(F)F)CC1. The molecule has 2 nitrogen and oxygen atoms in total. The van der Waals surface area contributed by atoms with Crippen LogP contribution in [0.3, 0.4) is 0 Å². The van der Waals surface area contributed by atoms with E-state index in [1.54, 1.807) is 23.5 Å². The third-order valence-electron chi connectivity index (χ3n) is 4.63. The average molecular weight is 355 g/mol. The van der Waals surface area contributed by atoms with E-state index in [-0.39, 0.29) is 5.92 Å². The van der Waals surface area contributed by atoms with Crippen LogP contribution in [0.1, 0.15) is 34.9 Å². The van der Waals surface area contributed by atoms with Crippen molar-refractivity contribution in [2.24, 2.45) is 5.92 Å². The summed E-state index contributed by atoms with van der Waals surface area (Å²) >= 11 is 1.54. The summed E-state index contributed by atoms with van der Waals surface area (Å²) in [5, 5.41) is 12.4. The van der Waals surface area contributed by atoms with Gasteiger partial charge in [-0.15, -0.1) is 11.3 Å². The maximum atomic E-state index is 13.1. The lowest BCUT2D eigenvalue weighted by molar-refractivity contribution is -0.138. The van der Waals surface area contributed by atoms with Crippen molar-refractivity contribution in [3.63, 3.8) is 0 Å². The molecule has 3 rings (SSSR count). The topological polar surface area (TPSA) is 23.5 Å². The molecule has 2 aromatic rings. The van der Waals surface area contributed by atoms with Crippen LogP contribution < -0.4 is 0 Å². The van der Waals surface area contributed by atoms with Gasteiger partial charge in [0.05, 0.1) is 11.7 Å². The minimum atomic E-state index is -4.32. The van der Waals surface area contributed by atoms with Gasteiger partial charge in [0.1, 0.15) is 0 Å². The van der Waals surface area contributed by atoms with Crippen molar-refractivity contribution in [3.05, 3.63) is 57.8 Å². The van der Waals surface area contributed by atoms with Crippen LogP contribution >= 0.6 is 11.3 Å². The maximum Gasteiger partial charge on any atom is 0.416 e. The molecule has 0 saturated carbocycles. The number of nitrogens with zero attached hydrogens (tertiary/aromatic N) is 1. The van der Waals surface area contributed by atoms with Crippen molar-refractivity contribution < 1.29 is 18.3 Å². The second-order valence-electron chi connectivity index (χ2n) is 6.23. The van der Waals surface area contributed by atoms with Gasteiger partial charge in [-0.05, 0) is 54.9 Å². The van der Waals surface area contributed by atoms with Gasteiger partial charge in [-0.25, -0.2) is 0 Å². The molecule has 2 heterocycles. The van der Waals surface area contributed by atoms with E-state index >= 15 is 0 Å². The van der Waals surface area contributed by atoms with Gasteiger partial charge < -0.3 is 5.11 Å². The Morgan fingerprint density at radius 1 is 1.12 bits per heavy atom. The molecule has 0 radical (unpaired) electrons. The lowest BCUT2D eigenvalue weighted by Crippen LogP contribution is -2.35. The Kier molecular flexibility index (Phi) is 5.27. The quantitative estimate of drug-likeness (QED) is 0.858. The molecule has 1 unspecified atom stereocenters. The van der Waals surface area contributed by atoms with Crippen molar-refractivity contribution in [1.82, 2.24) is 4.90 Å². The lowest BCUT2D eigenvalue weighted by atomic mass is 9.90. The van der Waals surface area contributed by atoms with E-state index in [1.165, 1.54) is 6.07 Å². The summed E-state index contributed by atoms with van der Waals surface area (Å²) in [7, 11) is 0. The zero-order valence-electron chi connectivity index (χ0n) is 13.2. The number of thiophene rings is 1. The molecule has 0 bridgehead atoms. The zero-order valence-corrected chi connectivity index (χ0v) is 14.0. The smallest absolute Gasteiger partial charge is 0.387 e. The maximum absolute atomic E-state index is 13.1. The number of hydrogen-bond donors (Lipinski definition) is 1. The summed E-state index contributed by atoms with van der Waals surface area (Å²) < 4.78 is 39.2. The highest BCUT2D eigenvalue weighted by molar-refractivity contribution is 7.10. The highest BCUT2D eigenvalue weighted by Crippen LogP contribution is 2.35. The minimum absolute atomic E-state index is 0.178. The number of halogens is 3. The van der Waals surface area contributed by atoms with Crippen molar-refractivity contribution >= 4 is 11.3 Å². The molecule has 6 heteroatoms. The predicted molar refractivity (Wildman–Crippen MR) is 88.7 cm³/mol. The number of hydrogen-bond acceptors (Lipinski definition) is 3. The summed E-state index contributed by atoms with van der Waals surface area (Å²) in [6.45, 7) is 1.72. The number of piperidine rings is 1. The number of alkyl halides is 3. The molecule has 1 aliphatic rings. The van der Waals surface area contributed by atoms with Gasteiger partial charge in [0.15, 0.2) is 0 Å². The van der Waals surface area contributed by atoms with Crippen molar-refractivity contribution in [3.8, 4) is 0 Å². The summed E-state index contributed by atoms with van der Waals surface area (Å²) in [4.78, 5) is 3.01. The first-order chi connectivity index (χ1) is 11.4. The Morgan fingerprint density at radius 3 is 2.46 bits per heavy atom. The van der Waals surface area contributed by atoms with E-state index in [2.05, 4.69) is 0 Å². The van der Waals surface area contributed by atoms with Crippen LogP contribution in [0.4, 0.5) is 13.2 Å². The third-order valence-corrected chi connectivity index (χ3v) is 5.57. The highest BCUT2D eigenvalue weighted by Gasteiger charge is 2.34. The minimum Gasteiger partial charge on any atom is -0.387 e. The largest absolute Gasteiger partial charge is 0.416 e. The van der Waals surface area contributed by atoms with Crippen molar-refractivity contribution in [2.45, 2.75) is 31.7 Å². The first-order valence-corrected chi connectivity index (χ1v) is 8.92. The molecule has 1 aromatic heterocycles. The predicted octanol–water partition coefficient (Wildman–Crippen LogP) is 4.71. The lowest BCUT2D eigenvalue weighted by Gasteiger charge is -2.34. The molecule has 1 saturated heterocycles. The second kappa shape index (κ2) is 7.25. The normalized spacial score (nSPS) is 18.7. The standard InChI is InChI=1S/C18H20F3NOS/c19-18(20,21)15-5-2-1-4-14(15)12-22-9-7-13(8-10-22)17(23)16-6-3-11-24-16/h1-6,11,13,17,23H,7-10,12H2. The van der Waals surface area contributed by atoms with Gasteiger partial charge in [-0.2, -0.15) is 13.2 Å². The van der Waals surface area contributed by atoms with E-state index < -0.39 is 17.8 Å². The fourth-order valence-electron chi connectivity index (χ4n) is 3.29. The van der Waals surface area contributed by atoms with Crippen LogP contribution in [0.2, 0.25) is 0 Å². The van der Waals surface area contributed by atoms with E-state index in [1.807, 2.05) is 22.4 Å². The zero-order chi connectivity index (χ0) is 17.2. The van der Waals surface area contributed by atoms with Crippen LogP contribution in [0, 0.1) is 5.92 Å². The molecule has 1 atom stereocenters. The molecule has 24 heavy (non-hydrogen) atoms. The fraction of sp³-hybridized carbons (Fsp3) is 0.444. The summed E-state index contributed by atoms with van der Waals surface area (Å²) in [6, 6.07) is 9.62. The van der Waals surface area contributed by atoms with E-state index in [0.717, 1.165) is 23.8 Å². The van der Waals surface area contributed by atoms with E-state index in [9.17, 15) is 18.3 Å². The number of aliphatic hydroxyl groups excluding tert-OH is 1. The molecule has 0 amide bonds. The molecular formula is C18H20F3NOS. The number of likely N-dealkylation sites (tertiary alicyclic amines) is 1. The van der Waals surface area contributed by atoms with Crippen molar-refractivity contribution in [2.75, 3.05) is 13.1 Å². The van der Waals surface area contributed by atoms with Gasteiger partial charge in [0, 0.05) is 11.4 Å². The number of rotatable bonds is 4. The molecule has 0 aliphatic carbocycles. The number of benzene rings is 1. The van der Waals surface area contributed by atoms with Gasteiger partial charge in [-0.3, -0.25) is 4.90 Å². The Bertz CT molecular complexity index is 649. The molecule has 1 fully saturated rings. The van der Waals surface area contributed by atoms with Gasteiger partial charge >= 0.3 is 6.18 Å². The molecule has 0 spiro atoms. The Morgan fingerprint density at radius 2 is 1.83 bits per heavy atom. The Labute approximate surface area is 143 Å². The monoisotopic (exact) mass is 355 g/mol. The molecule has 1 aromatic carbocycles. The van der Waals surface area contributed by atoms with Gasteiger partial charge in [-0.1, -0.05) is 24.3 Å². The average Bonchev–Trinajstić information content (AvgIpc) is 3.09. The van der Waals surface area contributed by atoms with Crippen LogP contribution in [-0.4, -0.2) is 23.1 Å². The Hall–Kier alpha value is -1.37. The molecular weight excluding hydrogens is 335 g/mol. The molecule has 1 aliphatic heterocycles. The Balaban J connectivity index is 1.60. The number of aliphatic hydroxyl groups is 1. The van der Waals surface area contributed by atoms with Crippen LogP contribution in [0.15, 0.2) is 41.8 Å². The van der Waals surface area contributed by atoms with Crippen LogP contribution in [0.5, 0.6) is 0 Å². The first kappa shape index (κ1) is 17.5. The molecule has 1 N–H and O–H groups in total. The summed E-state index contributed by atoms with van der Waals surface area (Å²) in [5.41, 5.74) is -0.229. The fourth-order valence-corrected chi connectivity index (χ4v) is 4.10. The van der Waals surface area contributed by atoms with E-state index in [0.29, 0.717) is 25.2 Å². The third kappa shape index (κ3) is 3.99. The summed E-state index contributed by atoms with van der Waals surface area (Å²) in [5.74, 6) is 0.178. The molecule has 130 valence electrons.